The second-order valence-corrected chi connectivity index (χ2v) is 4.49. The van der Waals surface area contributed by atoms with Crippen molar-refractivity contribution in [1.82, 2.24) is 4.90 Å². The highest BCUT2D eigenvalue weighted by atomic mass is 16.2. The number of hydrogen-bond donors (Lipinski definition) is 1. The van der Waals surface area contributed by atoms with Gasteiger partial charge in [0.05, 0.1) is 0 Å². The summed E-state index contributed by atoms with van der Waals surface area (Å²) in [6, 6.07) is 0.551. The van der Waals surface area contributed by atoms with Gasteiger partial charge in [0.1, 0.15) is 0 Å². The van der Waals surface area contributed by atoms with Crippen LogP contribution in [0.15, 0.2) is 0 Å². The molecule has 2 N–H and O–H groups in total. The van der Waals surface area contributed by atoms with E-state index in [2.05, 4.69) is 13.8 Å². The summed E-state index contributed by atoms with van der Waals surface area (Å²) in [5.74, 6) is 0.415. The molecule has 3 atom stereocenters. The van der Waals surface area contributed by atoms with Crippen molar-refractivity contribution in [3.8, 4) is 0 Å². The Morgan fingerprint density at radius 1 is 1.57 bits per heavy atom. The third-order valence-corrected chi connectivity index (χ3v) is 3.24. The molecular weight excluding hydrogens is 176 g/mol. The molecule has 3 unspecified atom stereocenters. The molecule has 0 aromatic carbocycles. The van der Waals surface area contributed by atoms with Gasteiger partial charge in [-0.2, -0.15) is 0 Å². The minimum absolute atomic E-state index is 0.141. The Balaban J connectivity index is 2.60. The van der Waals surface area contributed by atoms with Gasteiger partial charge in [0.15, 0.2) is 0 Å². The molecule has 1 rings (SSSR count). The van der Waals surface area contributed by atoms with E-state index in [0.717, 1.165) is 25.8 Å². The summed E-state index contributed by atoms with van der Waals surface area (Å²) in [7, 11) is 0. The minimum atomic E-state index is 0.141. The van der Waals surface area contributed by atoms with E-state index in [1.54, 1.807) is 0 Å². The zero-order valence-electron chi connectivity index (χ0n) is 9.49. The number of nitrogens with zero attached hydrogens (tertiary/aromatic N) is 1. The summed E-state index contributed by atoms with van der Waals surface area (Å²) in [4.78, 5) is 13.9. The highest BCUT2D eigenvalue weighted by Gasteiger charge is 2.28. The first-order valence-electron chi connectivity index (χ1n) is 5.62. The van der Waals surface area contributed by atoms with Gasteiger partial charge in [0.2, 0.25) is 5.91 Å². The molecule has 0 bridgehead atoms. The molecule has 3 nitrogen and oxygen atoms in total. The van der Waals surface area contributed by atoms with Gasteiger partial charge >= 0.3 is 0 Å². The van der Waals surface area contributed by atoms with Crippen LogP contribution in [-0.2, 0) is 4.79 Å². The maximum atomic E-state index is 12.0. The highest BCUT2D eigenvalue weighted by molar-refractivity contribution is 5.78. The Bertz CT molecular complexity index is 205. The number of nitrogens with two attached hydrogens (primary N) is 1. The van der Waals surface area contributed by atoms with E-state index >= 15 is 0 Å². The van der Waals surface area contributed by atoms with Crippen molar-refractivity contribution in [2.45, 2.75) is 52.1 Å². The molecular formula is C11H22N2O. The van der Waals surface area contributed by atoms with E-state index in [0.29, 0.717) is 6.04 Å². The molecule has 0 aromatic heterocycles. The first-order chi connectivity index (χ1) is 6.56. The molecule has 1 saturated heterocycles. The molecule has 82 valence electrons. The predicted molar refractivity (Wildman–Crippen MR) is 57.8 cm³/mol. The SMILES string of the molecule is CCC(C)C(=O)N1CC(N)CCC1C. The van der Waals surface area contributed by atoms with E-state index < -0.39 is 0 Å². The monoisotopic (exact) mass is 198 g/mol. The number of likely N-dealkylation sites (tertiary alicyclic amines) is 1. The maximum absolute atomic E-state index is 12.0. The van der Waals surface area contributed by atoms with Gasteiger partial charge in [0, 0.05) is 24.5 Å². The van der Waals surface area contributed by atoms with E-state index in [9.17, 15) is 4.79 Å². The van der Waals surface area contributed by atoms with Gasteiger partial charge < -0.3 is 10.6 Å². The number of carbonyl (C=O) groups is 1. The van der Waals surface area contributed by atoms with Crippen LogP contribution in [0.4, 0.5) is 0 Å². The second kappa shape index (κ2) is 4.78. The molecule has 0 saturated carbocycles. The zero-order valence-corrected chi connectivity index (χ0v) is 9.49. The number of amides is 1. The fourth-order valence-electron chi connectivity index (χ4n) is 1.90. The van der Waals surface area contributed by atoms with Crippen LogP contribution in [0.5, 0.6) is 0 Å². The van der Waals surface area contributed by atoms with Crippen LogP contribution in [0, 0.1) is 5.92 Å². The van der Waals surface area contributed by atoms with E-state index in [1.807, 2.05) is 11.8 Å². The van der Waals surface area contributed by atoms with Gasteiger partial charge in [-0.25, -0.2) is 0 Å². The van der Waals surface area contributed by atoms with Crippen molar-refractivity contribution in [2.75, 3.05) is 6.54 Å². The molecule has 14 heavy (non-hydrogen) atoms. The molecule has 0 aromatic rings. The molecule has 0 radical (unpaired) electrons. The Labute approximate surface area is 86.6 Å². The Hall–Kier alpha value is -0.570. The quantitative estimate of drug-likeness (QED) is 0.728. The highest BCUT2D eigenvalue weighted by Crippen LogP contribution is 2.19. The fourth-order valence-corrected chi connectivity index (χ4v) is 1.90. The molecule has 1 aliphatic rings. The lowest BCUT2D eigenvalue weighted by Crippen LogP contribution is -2.51. The average Bonchev–Trinajstić information content (AvgIpc) is 2.19. The summed E-state index contributed by atoms with van der Waals surface area (Å²) in [6.07, 6.45) is 3.01. The topological polar surface area (TPSA) is 46.3 Å². The van der Waals surface area contributed by atoms with E-state index in [1.165, 1.54) is 0 Å². The van der Waals surface area contributed by atoms with Gasteiger partial charge in [-0.3, -0.25) is 4.79 Å². The lowest BCUT2D eigenvalue weighted by molar-refractivity contribution is -0.138. The van der Waals surface area contributed by atoms with Gasteiger partial charge in [-0.05, 0) is 26.2 Å². The van der Waals surface area contributed by atoms with Gasteiger partial charge in [0.25, 0.3) is 0 Å². The average molecular weight is 198 g/mol. The van der Waals surface area contributed by atoms with Crippen molar-refractivity contribution in [1.29, 1.82) is 0 Å². The molecule has 0 aliphatic carbocycles. The summed E-state index contributed by atoms with van der Waals surface area (Å²) in [5, 5.41) is 0. The zero-order chi connectivity index (χ0) is 10.7. The van der Waals surface area contributed by atoms with Crippen molar-refractivity contribution in [3.63, 3.8) is 0 Å². The lowest BCUT2D eigenvalue weighted by atomic mass is 9.97. The molecule has 0 spiro atoms. The predicted octanol–water partition coefficient (Wildman–Crippen LogP) is 1.37. The molecule has 3 heteroatoms. The van der Waals surface area contributed by atoms with Crippen LogP contribution in [0.2, 0.25) is 0 Å². The normalized spacial score (nSPS) is 30.1. The van der Waals surface area contributed by atoms with Gasteiger partial charge in [-0.15, -0.1) is 0 Å². The van der Waals surface area contributed by atoms with Crippen LogP contribution in [0.25, 0.3) is 0 Å². The standard InChI is InChI=1S/C11H22N2O/c1-4-8(2)11(14)13-7-10(12)6-5-9(13)3/h8-10H,4-7,12H2,1-3H3. The Kier molecular flexibility index (Phi) is 3.93. The Morgan fingerprint density at radius 2 is 2.21 bits per heavy atom. The second-order valence-electron chi connectivity index (χ2n) is 4.49. The van der Waals surface area contributed by atoms with Crippen LogP contribution in [-0.4, -0.2) is 29.4 Å². The first-order valence-corrected chi connectivity index (χ1v) is 5.62. The summed E-state index contributed by atoms with van der Waals surface area (Å²) < 4.78 is 0. The van der Waals surface area contributed by atoms with E-state index in [-0.39, 0.29) is 17.9 Å². The van der Waals surface area contributed by atoms with Crippen LogP contribution < -0.4 is 5.73 Å². The number of rotatable bonds is 2. The third-order valence-electron chi connectivity index (χ3n) is 3.24. The van der Waals surface area contributed by atoms with Crippen LogP contribution in [0.3, 0.4) is 0 Å². The summed E-state index contributed by atoms with van der Waals surface area (Å²) >= 11 is 0. The molecule has 1 fully saturated rings. The lowest BCUT2D eigenvalue weighted by Gasteiger charge is -2.38. The smallest absolute Gasteiger partial charge is 0.225 e. The van der Waals surface area contributed by atoms with Crippen molar-refractivity contribution in [2.24, 2.45) is 11.7 Å². The Morgan fingerprint density at radius 3 is 2.79 bits per heavy atom. The largest absolute Gasteiger partial charge is 0.338 e. The minimum Gasteiger partial charge on any atom is -0.338 e. The fraction of sp³-hybridized carbons (Fsp3) is 0.909. The van der Waals surface area contributed by atoms with Crippen LogP contribution in [0.1, 0.15) is 40.0 Å². The third kappa shape index (κ3) is 2.47. The molecule has 1 heterocycles. The van der Waals surface area contributed by atoms with Crippen molar-refractivity contribution >= 4 is 5.91 Å². The maximum Gasteiger partial charge on any atom is 0.225 e. The van der Waals surface area contributed by atoms with Gasteiger partial charge in [-0.1, -0.05) is 13.8 Å². The first kappa shape index (κ1) is 11.5. The number of carbonyl (C=O) groups excluding carboxylic acids is 1. The number of piperidine rings is 1. The molecule has 1 aliphatic heterocycles. The van der Waals surface area contributed by atoms with Crippen molar-refractivity contribution in [3.05, 3.63) is 0 Å². The summed E-state index contributed by atoms with van der Waals surface area (Å²) in [6.45, 7) is 6.91. The molecule has 1 amide bonds. The van der Waals surface area contributed by atoms with Crippen LogP contribution >= 0.6 is 0 Å². The van der Waals surface area contributed by atoms with Crippen molar-refractivity contribution < 1.29 is 4.79 Å². The van der Waals surface area contributed by atoms with E-state index in [4.69, 9.17) is 5.73 Å². The summed E-state index contributed by atoms with van der Waals surface area (Å²) in [5.41, 5.74) is 5.87. The number of hydrogen-bond acceptors (Lipinski definition) is 2.